The van der Waals surface area contributed by atoms with Gasteiger partial charge in [-0.2, -0.15) is 0 Å². The van der Waals surface area contributed by atoms with Gasteiger partial charge in [0.05, 0.1) is 25.6 Å². The second-order valence-corrected chi connectivity index (χ2v) is 10.0. The zero-order chi connectivity index (χ0) is 27.8. The van der Waals surface area contributed by atoms with Gasteiger partial charge in [-0.05, 0) is 31.2 Å². The molecule has 2 atom stereocenters. The Labute approximate surface area is 229 Å². The number of aliphatic hydroxyl groups excluding tert-OH is 1. The molecule has 0 saturated heterocycles. The van der Waals surface area contributed by atoms with Crippen LogP contribution in [0.4, 0.5) is 0 Å². The van der Waals surface area contributed by atoms with Crippen LogP contribution in [0.5, 0.6) is 0 Å². The molecule has 1 aromatic rings. The van der Waals surface area contributed by atoms with E-state index in [-0.39, 0.29) is 31.7 Å². The molecule has 1 N–H and O–H groups in total. The Kier molecular flexibility index (Phi) is 20.0. The molecule has 1 aromatic carbocycles. The summed E-state index contributed by atoms with van der Waals surface area (Å²) in [6.07, 6.45) is 12.6. The molecule has 0 aliphatic rings. The van der Waals surface area contributed by atoms with Crippen LogP contribution in [-0.4, -0.2) is 42.3 Å². The van der Waals surface area contributed by atoms with Crippen LogP contribution in [0, 0.1) is 5.92 Å². The van der Waals surface area contributed by atoms with Crippen LogP contribution in [0.2, 0.25) is 0 Å². The van der Waals surface area contributed by atoms with E-state index in [1.54, 1.807) is 0 Å². The highest BCUT2D eigenvalue weighted by Crippen LogP contribution is 2.20. The Hall–Kier alpha value is -2.41. The van der Waals surface area contributed by atoms with Crippen LogP contribution in [0.1, 0.15) is 116 Å². The summed E-state index contributed by atoms with van der Waals surface area (Å²) in [4.78, 5) is 36.5. The third-order valence-electron chi connectivity index (χ3n) is 6.55. The lowest BCUT2D eigenvalue weighted by Gasteiger charge is -2.16. The quantitative estimate of drug-likeness (QED) is 0.0949. The maximum Gasteiger partial charge on any atom is 0.335 e. The van der Waals surface area contributed by atoms with Gasteiger partial charge in [0.15, 0.2) is 6.10 Å². The molecule has 0 heterocycles. The Bertz CT molecular complexity index is 750. The van der Waals surface area contributed by atoms with Crippen LogP contribution in [0.25, 0.3) is 0 Å². The van der Waals surface area contributed by atoms with E-state index in [1.807, 2.05) is 30.3 Å². The first kappa shape index (κ1) is 33.6. The molecule has 0 saturated carbocycles. The monoisotopic (exact) mass is 534 g/mol. The number of benzene rings is 1. The predicted molar refractivity (Wildman–Crippen MR) is 148 cm³/mol. The van der Waals surface area contributed by atoms with Gasteiger partial charge >= 0.3 is 17.9 Å². The van der Waals surface area contributed by atoms with Gasteiger partial charge in [0.25, 0.3) is 0 Å². The standard InChI is InChI=1S/C31H50O7/c1-3-5-7-9-10-15-21-27(20-14-8-6-4-2)30(34)36-22-16-17-23-37-31(35)28(32)24-29(33)38-25-26-18-12-11-13-19-26/h11-13,18-19,27-28,32H,3-10,14-17,20-25H2,1-2H3/t27?,28-/m0/s1. The third kappa shape index (κ3) is 17.2. The molecule has 0 amide bonds. The zero-order valence-corrected chi connectivity index (χ0v) is 23.7. The SMILES string of the molecule is CCCCCCCCC(CCCCCC)C(=O)OCCCCOC(=O)[C@@H](O)CC(=O)OCc1ccccc1. The van der Waals surface area contributed by atoms with E-state index in [9.17, 15) is 19.5 Å². The lowest BCUT2D eigenvalue weighted by Crippen LogP contribution is -2.27. The van der Waals surface area contributed by atoms with Gasteiger partial charge in [0.2, 0.25) is 0 Å². The number of rotatable bonds is 23. The molecule has 7 nitrogen and oxygen atoms in total. The molecule has 7 heteroatoms. The first-order valence-corrected chi connectivity index (χ1v) is 14.7. The van der Waals surface area contributed by atoms with Crippen molar-refractivity contribution in [3.8, 4) is 0 Å². The van der Waals surface area contributed by atoms with Crippen molar-refractivity contribution in [3.05, 3.63) is 35.9 Å². The summed E-state index contributed by atoms with van der Waals surface area (Å²) in [5, 5.41) is 9.91. The molecule has 38 heavy (non-hydrogen) atoms. The fourth-order valence-corrected chi connectivity index (χ4v) is 4.17. The summed E-state index contributed by atoms with van der Waals surface area (Å²) >= 11 is 0. The van der Waals surface area contributed by atoms with Gasteiger partial charge < -0.3 is 19.3 Å². The van der Waals surface area contributed by atoms with Gasteiger partial charge in [-0.25, -0.2) is 4.79 Å². The summed E-state index contributed by atoms with van der Waals surface area (Å²) in [7, 11) is 0. The molecular weight excluding hydrogens is 484 g/mol. The maximum absolute atomic E-state index is 12.7. The maximum atomic E-state index is 12.7. The Morgan fingerprint density at radius 1 is 0.684 bits per heavy atom. The summed E-state index contributed by atoms with van der Waals surface area (Å²) in [6.45, 7) is 4.85. The van der Waals surface area contributed by atoms with Crippen LogP contribution in [0.3, 0.4) is 0 Å². The number of unbranched alkanes of at least 4 members (excludes halogenated alkanes) is 9. The van der Waals surface area contributed by atoms with Gasteiger partial charge in [0, 0.05) is 0 Å². The highest BCUT2D eigenvalue weighted by Gasteiger charge is 2.22. The van der Waals surface area contributed by atoms with Gasteiger partial charge in [0.1, 0.15) is 6.61 Å². The van der Waals surface area contributed by atoms with Crippen LogP contribution >= 0.6 is 0 Å². The van der Waals surface area contributed by atoms with E-state index in [4.69, 9.17) is 14.2 Å². The summed E-state index contributed by atoms with van der Waals surface area (Å²) in [5.41, 5.74) is 0.823. The minimum absolute atomic E-state index is 0.0346. The summed E-state index contributed by atoms with van der Waals surface area (Å²) in [5.74, 6) is -1.68. The number of carbonyl (C=O) groups is 3. The summed E-state index contributed by atoms with van der Waals surface area (Å²) < 4.78 is 15.7. The van der Waals surface area contributed by atoms with E-state index in [0.717, 1.165) is 37.7 Å². The molecule has 1 rings (SSSR count). The lowest BCUT2D eigenvalue weighted by molar-refractivity contribution is -0.160. The molecule has 0 aromatic heterocycles. The zero-order valence-electron chi connectivity index (χ0n) is 23.7. The highest BCUT2D eigenvalue weighted by atomic mass is 16.6. The van der Waals surface area contributed by atoms with E-state index in [1.165, 1.54) is 44.9 Å². The fraction of sp³-hybridized carbons (Fsp3) is 0.710. The minimum atomic E-state index is -1.56. The Morgan fingerprint density at radius 2 is 1.21 bits per heavy atom. The molecule has 0 fully saturated rings. The largest absolute Gasteiger partial charge is 0.465 e. The van der Waals surface area contributed by atoms with Crippen molar-refractivity contribution in [2.75, 3.05) is 13.2 Å². The van der Waals surface area contributed by atoms with Crippen LogP contribution < -0.4 is 0 Å². The van der Waals surface area contributed by atoms with Gasteiger partial charge in [-0.1, -0.05) is 108 Å². The number of hydrogen-bond donors (Lipinski definition) is 1. The molecule has 0 spiro atoms. The first-order chi connectivity index (χ1) is 18.5. The molecular formula is C31H50O7. The topological polar surface area (TPSA) is 99.1 Å². The number of esters is 3. The van der Waals surface area contributed by atoms with Crippen molar-refractivity contribution in [1.29, 1.82) is 0 Å². The van der Waals surface area contributed by atoms with E-state index in [0.29, 0.717) is 12.8 Å². The van der Waals surface area contributed by atoms with Crippen molar-refractivity contribution >= 4 is 17.9 Å². The van der Waals surface area contributed by atoms with E-state index >= 15 is 0 Å². The predicted octanol–water partition coefficient (Wildman–Crippen LogP) is 6.68. The highest BCUT2D eigenvalue weighted by molar-refractivity contribution is 5.81. The molecule has 0 aliphatic carbocycles. The van der Waals surface area contributed by atoms with Crippen LogP contribution in [0.15, 0.2) is 30.3 Å². The third-order valence-corrected chi connectivity index (χ3v) is 6.55. The number of carbonyl (C=O) groups excluding carboxylic acids is 3. The molecule has 216 valence electrons. The van der Waals surface area contributed by atoms with Crippen LogP contribution in [-0.2, 0) is 35.2 Å². The molecule has 0 bridgehead atoms. The Balaban J connectivity index is 2.21. The van der Waals surface area contributed by atoms with Crippen molar-refractivity contribution in [3.63, 3.8) is 0 Å². The van der Waals surface area contributed by atoms with Gasteiger partial charge in [-0.3, -0.25) is 9.59 Å². The molecule has 1 unspecified atom stereocenters. The lowest BCUT2D eigenvalue weighted by atomic mass is 9.94. The molecule has 0 aliphatic heterocycles. The van der Waals surface area contributed by atoms with E-state index < -0.39 is 24.5 Å². The smallest absolute Gasteiger partial charge is 0.335 e. The first-order valence-electron chi connectivity index (χ1n) is 14.7. The van der Waals surface area contributed by atoms with Crippen molar-refractivity contribution < 1.29 is 33.7 Å². The minimum Gasteiger partial charge on any atom is -0.465 e. The van der Waals surface area contributed by atoms with Gasteiger partial charge in [-0.15, -0.1) is 0 Å². The number of aliphatic hydroxyl groups is 1. The number of ether oxygens (including phenoxy) is 3. The Morgan fingerprint density at radius 3 is 1.82 bits per heavy atom. The van der Waals surface area contributed by atoms with Crippen molar-refractivity contribution in [2.24, 2.45) is 5.92 Å². The normalized spacial score (nSPS) is 12.5. The number of hydrogen-bond acceptors (Lipinski definition) is 7. The van der Waals surface area contributed by atoms with Crippen molar-refractivity contribution in [2.45, 2.75) is 123 Å². The average Bonchev–Trinajstić information content (AvgIpc) is 2.92. The van der Waals surface area contributed by atoms with Crippen molar-refractivity contribution in [1.82, 2.24) is 0 Å². The molecule has 0 radical (unpaired) electrons. The van der Waals surface area contributed by atoms with E-state index in [2.05, 4.69) is 13.8 Å². The fourth-order valence-electron chi connectivity index (χ4n) is 4.17. The average molecular weight is 535 g/mol. The second kappa shape index (κ2) is 22.6. The second-order valence-electron chi connectivity index (χ2n) is 10.0. The summed E-state index contributed by atoms with van der Waals surface area (Å²) in [6, 6.07) is 9.16.